The highest BCUT2D eigenvalue weighted by Crippen LogP contribution is 2.18. The summed E-state index contributed by atoms with van der Waals surface area (Å²) in [5.74, 6) is 0. The summed E-state index contributed by atoms with van der Waals surface area (Å²) in [5.41, 5.74) is 2.06. The monoisotopic (exact) mass is 343 g/mol. The van der Waals surface area contributed by atoms with Gasteiger partial charge < -0.3 is 4.74 Å². The van der Waals surface area contributed by atoms with Gasteiger partial charge in [0.2, 0.25) is 0 Å². The number of aromatic nitrogens is 3. The van der Waals surface area contributed by atoms with Crippen molar-refractivity contribution in [1.29, 1.82) is 0 Å². The second-order valence-electron chi connectivity index (χ2n) is 4.39. The standard InChI is InChI=1S/C12H14IN3O/c13-9-4-5-12-11(7-9)14-15-16(12)8-10-3-1-2-6-17-10/h4-5,7,10H,1-3,6,8H2. The maximum Gasteiger partial charge on any atom is 0.114 e. The minimum atomic E-state index is 0.299. The highest BCUT2D eigenvalue weighted by molar-refractivity contribution is 14.1. The van der Waals surface area contributed by atoms with Gasteiger partial charge in [0.1, 0.15) is 5.52 Å². The summed E-state index contributed by atoms with van der Waals surface area (Å²) >= 11 is 2.29. The van der Waals surface area contributed by atoms with E-state index in [0.717, 1.165) is 30.6 Å². The van der Waals surface area contributed by atoms with E-state index in [1.807, 2.05) is 4.68 Å². The molecule has 17 heavy (non-hydrogen) atoms. The van der Waals surface area contributed by atoms with Crippen LogP contribution < -0.4 is 0 Å². The lowest BCUT2D eigenvalue weighted by molar-refractivity contribution is 0.00443. The summed E-state index contributed by atoms with van der Waals surface area (Å²) in [6.07, 6.45) is 3.88. The predicted molar refractivity (Wildman–Crippen MR) is 73.8 cm³/mol. The van der Waals surface area contributed by atoms with Crippen LogP contribution in [0.3, 0.4) is 0 Å². The fraction of sp³-hybridized carbons (Fsp3) is 0.500. The van der Waals surface area contributed by atoms with E-state index in [1.165, 1.54) is 16.4 Å². The van der Waals surface area contributed by atoms with Gasteiger partial charge in [-0.3, -0.25) is 0 Å². The first-order valence-electron chi connectivity index (χ1n) is 5.93. The number of benzene rings is 1. The molecule has 0 spiro atoms. The first-order valence-corrected chi connectivity index (χ1v) is 7.01. The maximum absolute atomic E-state index is 5.73. The summed E-state index contributed by atoms with van der Waals surface area (Å²) in [6, 6.07) is 6.23. The maximum atomic E-state index is 5.73. The second-order valence-corrected chi connectivity index (χ2v) is 5.64. The Labute approximate surface area is 113 Å². The molecule has 1 unspecified atom stereocenters. The van der Waals surface area contributed by atoms with Gasteiger partial charge in [-0.1, -0.05) is 5.21 Å². The molecule has 0 aliphatic carbocycles. The summed E-state index contributed by atoms with van der Waals surface area (Å²) in [7, 11) is 0. The van der Waals surface area contributed by atoms with Gasteiger partial charge in [0.05, 0.1) is 18.2 Å². The van der Waals surface area contributed by atoms with Crippen molar-refractivity contribution < 1.29 is 4.74 Å². The van der Waals surface area contributed by atoms with Crippen molar-refractivity contribution in [1.82, 2.24) is 15.0 Å². The molecule has 4 nitrogen and oxygen atoms in total. The highest BCUT2D eigenvalue weighted by Gasteiger charge is 2.16. The summed E-state index contributed by atoms with van der Waals surface area (Å²) in [6.45, 7) is 1.70. The second kappa shape index (κ2) is 4.89. The summed E-state index contributed by atoms with van der Waals surface area (Å²) < 4.78 is 8.88. The van der Waals surface area contributed by atoms with Gasteiger partial charge in [-0.05, 0) is 60.1 Å². The number of hydrogen-bond acceptors (Lipinski definition) is 3. The average Bonchev–Trinajstić information content (AvgIpc) is 2.73. The Morgan fingerprint density at radius 3 is 3.18 bits per heavy atom. The third-order valence-electron chi connectivity index (χ3n) is 3.13. The fourth-order valence-corrected chi connectivity index (χ4v) is 2.70. The lowest BCUT2D eigenvalue weighted by Crippen LogP contribution is -2.24. The normalized spacial score (nSPS) is 20.9. The molecule has 1 saturated heterocycles. The van der Waals surface area contributed by atoms with Crippen molar-refractivity contribution in [2.75, 3.05) is 6.61 Å². The molecule has 1 aromatic carbocycles. The van der Waals surface area contributed by atoms with Crippen LogP contribution in [-0.2, 0) is 11.3 Å². The number of hydrogen-bond donors (Lipinski definition) is 0. The van der Waals surface area contributed by atoms with Crippen LogP contribution in [0.1, 0.15) is 19.3 Å². The van der Waals surface area contributed by atoms with E-state index in [1.54, 1.807) is 0 Å². The van der Waals surface area contributed by atoms with Crippen LogP contribution in [0, 0.1) is 3.57 Å². The van der Waals surface area contributed by atoms with Crippen LogP contribution in [-0.4, -0.2) is 27.7 Å². The molecule has 0 radical (unpaired) electrons. The molecule has 0 saturated carbocycles. The predicted octanol–water partition coefficient (Wildman–Crippen LogP) is 2.61. The first-order chi connectivity index (χ1) is 8.33. The molecule has 0 amide bonds. The van der Waals surface area contributed by atoms with Crippen LogP contribution >= 0.6 is 22.6 Å². The number of nitrogens with zero attached hydrogens (tertiary/aromatic N) is 3. The van der Waals surface area contributed by atoms with Crippen molar-refractivity contribution in [3.05, 3.63) is 21.8 Å². The van der Waals surface area contributed by atoms with Gasteiger partial charge >= 0.3 is 0 Å². The third-order valence-corrected chi connectivity index (χ3v) is 3.80. The van der Waals surface area contributed by atoms with Crippen molar-refractivity contribution in [2.45, 2.75) is 31.9 Å². The summed E-state index contributed by atoms with van der Waals surface area (Å²) in [4.78, 5) is 0. The molecule has 2 aromatic rings. The third kappa shape index (κ3) is 2.44. The number of ether oxygens (including phenoxy) is 1. The minimum Gasteiger partial charge on any atom is -0.376 e. The smallest absolute Gasteiger partial charge is 0.114 e. The SMILES string of the molecule is Ic1ccc2c(c1)nnn2CC1CCCCO1. The Kier molecular flexibility index (Phi) is 3.28. The molecule has 5 heteroatoms. The molecule has 1 aliphatic heterocycles. The minimum absolute atomic E-state index is 0.299. The molecule has 1 fully saturated rings. The molecule has 1 aliphatic rings. The molecule has 3 rings (SSSR count). The average molecular weight is 343 g/mol. The van der Waals surface area contributed by atoms with Gasteiger partial charge in [0.15, 0.2) is 0 Å². The Balaban J connectivity index is 1.84. The number of rotatable bonds is 2. The topological polar surface area (TPSA) is 39.9 Å². The van der Waals surface area contributed by atoms with Crippen molar-refractivity contribution in [3.63, 3.8) is 0 Å². The quantitative estimate of drug-likeness (QED) is 0.787. The first kappa shape index (κ1) is 11.4. The largest absolute Gasteiger partial charge is 0.376 e. The van der Waals surface area contributed by atoms with Gasteiger partial charge in [-0.15, -0.1) is 5.10 Å². The molecule has 2 heterocycles. The zero-order valence-electron chi connectivity index (χ0n) is 9.47. The lowest BCUT2D eigenvalue weighted by Gasteiger charge is -2.22. The Bertz CT molecular complexity index is 519. The van der Waals surface area contributed by atoms with E-state index >= 15 is 0 Å². The summed E-state index contributed by atoms with van der Waals surface area (Å²) in [5, 5.41) is 8.41. The van der Waals surface area contributed by atoms with Gasteiger partial charge in [0.25, 0.3) is 0 Å². The van der Waals surface area contributed by atoms with E-state index in [2.05, 4.69) is 51.1 Å². The lowest BCUT2D eigenvalue weighted by atomic mass is 10.1. The molecule has 1 atom stereocenters. The van der Waals surface area contributed by atoms with E-state index in [9.17, 15) is 0 Å². The zero-order valence-corrected chi connectivity index (χ0v) is 11.6. The molecule has 0 N–H and O–H groups in total. The number of halogens is 1. The zero-order chi connectivity index (χ0) is 11.7. The highest BCUT2D eigenvalue weighted by atomic mass is 127. The van der Waals surface area contributed by atoms with E-state index in [4.69, 9.17) is 4.74 Å². The van der Waals surface area contributed by atoms with Crippen LogP contribution in [0.2, 0.25) is 0 Å². The van der Waals surface area contributed by atoms with Crippen molar-refractivity contribution in [2.24, 2.45) is 0 Å². The van der Waals surface area contributed by atoms with Gasteiger partial charge in [-0.25, -0.2) is 4.68 Å². The van der Waals surface area contributed by atoms with Crippen LogP contribution in [0.5, 0.6) is 0 Å². The van der Waals surface area contributed by atoms with Gasteiger partial charge in [0, 0.05) is 10.2 Å². The molecule has 1 aromatic heterocycles. The molecular formula is C12H14IN3O. The van der Waals surface area contributed by atoms with Gasteiger partial charge in [-0.2, -0.15) is 0 Å². The van der Waals surface area contributed by atoms with Crippen LogP contribution in [0.25, 0.3) is 11.0 Å². The fourth-order valence-electron chi connectivity index (χ4n) is 2.22. The Morgan fingerprint density at radius 1 is 1.41 bits per heavy atom. The van der Waals surface area contributed by atoms with E-state index in [0.29, 0.717) is 6.10 Å². The Morgan fingerprint density at radius 2 is 2.35 bits per heavy atom. The number of fused-ring (bicyclic) bond motifs is 1. The van der Waals surface area contributed by atoms with Crippen LogP contribution in [0.4, 0.5) is 0 Å². The van der Waals surface area contributed by atoms with E-state index in [-0.39, 0.29) is 0 Å². The molecule has 90 valence electrons. The molecular weight excluding hydrogens is 329 g/mol. The molecule has 0 bridgehead atoms. The Hall–Kier alpha value is -0.690. The van der Waals surface area contributed by atoms with Crippen LogP contribution in [0.15, 0.2) is 18.2 Å². The van der Waals surface area contributed by atoms with E-state index < -0.39 is 0 Å². The van der Waals surface area contributed by atoms with Crippen molar-refractivity contribution >= 4 is 33.6 Å². The van der Waals surface area contributed by atoms with Crippen molar-refractivity contribution in [3.8, 4) is 0 Å².